The molecule has 0 aliphatic carbocycles. The first-order valence-corrected chi connectivity index (χ1v) is 12.2. The molecular formula is C25H33N5O2S. The highest BCUT2D eigenvalue weighted by Crippen LogP contribution is 2.25. The van der Waals surface area contributed by atoms with Gasteiger partial charge < -0.3 is 15.9 Å². The van der Waals surface area contributed by atoms with Gasteiger partial charge in [0.1, 0.15) is 12.4 Å². The summed E-state index contributed by atoms with van der Waals surface area (Å²) in [6.45, 7) is 8.81. The van der Waals surface area contributed by atoms with Gasteiger partial charge in [-0.2, -0.15) is 0 Å². The van der Waals surface area contributed by atoms with Crippen molar-refractivity contribution in [1.82, 2.24) is 20.2 Å². The summed E-state index contributed by atoms with van der Waals surface area (Å²) in [6, 6.07) is 18.0. The Bertz CT molecular complexity index is 1030. The average molecular weight is 468 g/mol. The lowest BCUT2D eigenvalue weighted by molar-refractivity contribution is -0.119. The lowest BCUT2D eigenvalue weighted by Gasteiger charge is -2.19. The van der Waals surface area contributed by atoms with Crippen LogP contribution in [0.3, 0.4) is 0 Å². The molecule has 33 heavy (non-hydrogen) atoms. The van der Waals surface area contributed by atoms with E-state index in [-0.39, 0.29) is 29.7 Å². The van der Waals surface area contributed by atoms with Crippen LogP contribution in [-0.2, 0) is 16.8 Å². The molecule has 0 saturated heterocycles. The Hall–Kier alpha value is -3.00. The molecular weight excluding hydrogens is 434 g/mol. The summed E-state index contributed by atoms with van der Waals surface area (Å²) in [5, 5.41) is 11.8. The van der Waals surface area contributed by atoms with Crippen LogP contribution >= 0.6 is 11.8 Å². The summed E-state index contributed by atoms with van der Waals surface area (Å²) in [7, 11) is 0. The molecule has 3 N–H and O–H groups in total. The van der Waals surface area contributed by atoms with E-state index in [1.54, 1.807) is 0 Å². The first-order valence-electron chi connectivity index (χ1n) is 11.2. The number of nitrogens with two attached hydrogens (primary N) is 1. The number of carbonyl (C=O) groups is 1. The largest absolute Gasteiger partial charge is 0.486 e. The minimum atomic E-state index is -0.0676. The molecule has 1 amide bonds. The van der Waals surface area contributed by atoms with Crippen LogP contribution in [0.5, 0.6) is 5.75 Å². The number of nitrogen functional groups attached to an aromatic ring is 1. The summed E-state index contributed by atoms with van der Waals surface area (Å²) < 4.78 is 7.19. The van der Waals surface area contributed by atoms with Crippen molar-refractivity contribution in [3.05, 3.63) is 71.5 Å². The molecule has 0 aliphatic rings. The highest BCUT2D eigenvalue weighted by molar-refractivity contribution is 7.99. The average Bonchev–Trinajstić information content (AvgIpc) is 3.15. The summed E-state index contributed by atoms with van der Waals surface area (Å²) in [6.07, 6.45) is 1.86. The first kappa shape index (κ1) is 24.6. The van der Waals surface area contributed by atoms with Gasteiger partial charge >= 0.3 is 0 Å². The molecule has 1 aromatic heterocycles. The van der Waals surface area contributed by atoms with Crippen LogP contribution in [0.1, 0.15) is 63.5 Å². The normalized spacial score (nSPS) is 12.4. The van der Waals surface area contributed by atoms with E-state index in [2.05, 4.69) is 55.3 Å². The van der Waals surface area contributed by atoms with Gasteiger partial charge in [-0.1, -0.05) is 88.3 Å². The smallest absolute Gasteiger partial charge is 0.230 e. The van der Waals surface area contributed by atoms with E-state index in [4.69, 9.17) is 10.6 Å². The third kappa shape index (κ3) is 6.99. The van der Waals surface area contributed by atoms with Crippen LogP contribution in [0.4, 0.5) is 0 Å². The fourth-order valence-corrected chi connectivity index (χ4v) is 4.05. The van der Waals surface area contributed by atoms with Crippen molar-refractivity contribution in [3.8, 4) is 5.75 Å². The molecule has 0 fully saturated rings. The zero-order valence-corrected chi connectivity index (χ0v) is 20.6. The maximum absolute atomic E-state index is 12.5. The second kappa shape index (κ2) is 11.2. The Morgan fingerprint density at radius 1 is 1.12 bits per heavy atom. The second-order valence-corrected chi connectivity index (χ2v) is 9.88. The monoisotopic (exact) mass is 467 g/mol. The van der Waals surface area contributed by atoms with Crippen LogP contribution in [-0.4, -0.2) is 26.5 Å². The molecule has 1 unspecified atom stereocenters. The Kier molecular flexibility index (Phi) is 8.38. The third-order valence-electron chi connectivity index (χ3n) is 5.27. The van der Waals surface area contributed by atoms with Crippen molar-refractivity contribution >= 4 is 17.7 Å². The number of nitrogens with one attached hydrogen (secondary N) is 1. The molecule has 0 saturated carbocycles. The van der Waals surface area contributed by atoms with E-state index in [1.807, 2.05) is 42.5 Å². The van der Waals surface area contributed by atoms with Gasteiger partial charge in [0.05, 0.1) is 11.8 Å². The summed E-state index contributed by atoms with van der Waals surface area (Å²) >= 11 is 1.25. The van der Waals surface area contributed by atoms with Crippen molar-refractivity contribution < 1.29 is 9.53 Å². The van der Waals surface area contributed by atoms with Crippen molar-refractivity contribution in [2.24, 2.45) is 0 Å². The summed E-state index contributed by atoms with van der Waals surface area (Å²) in [5.41, 5.74) is 2.43. The highest BCUT2D eigenvalue weighted by atomic mass is 32.2. The van der Waals surface area contributed by atoms with Crippen LogP contribution < -0.4 is 15.9 Å². The topological polar surface area (TPSA) is 95.1 Å². The van der Waals surface area contributed by atoms with Gasteiger partial charge in [-0.3, -0.25) is 4.79 Å². The number of ether oxygens (including phenoxy) is 1. The van der Waals surface area contributed by atoms with E-state index in [0.717, 1.165) is 24.2 Å². The summed E-state index contributed by atoms with van der Waals surface area (Å²) in [4.78, 5) is 12.5. The van der Waals surface area contributed by atoms with Crippen molar-refractivity contribution in [2.75, 3.05) is 11.6 Å². The number of hydrogen-bond donors (Lipinski definition) is 2. The van der Waals surface area contributed by atoms with Gasteiger partial charge in [-0.25, -0.2) is 4.68 Å². The van der Waals surface area contributed by atoms with Crippen molar-refractivity contribution in [1.29, 1.82) is 0 Å². The Balaban J connectivity index is 1.52. The second-order valence-electron chi connectivity index (χ2n) is 8.94. The van der Waals surface area contributed by atoms with Gasteiger partial charge in [-0.15, -0.1) is 10.2 Å². The van der Waals surface area contributed by atoms with Gasteiger partial charge in [0, 0.05) is 0 Å². The van der Waals surface area contributed by atoms with Crippen molar-refractivity contribution in [3.63, 3.8) is 0 Å². The van der Waals surface area contributed by atoms with E-state index in [9.17, 15) is 4.79 Å². The van der Waals surface area contributed by atoms with E-state index in [0.29, 0.717) is 11.0 Å². The number of thioether (sulfide) groups is 1. The first-order chi connectivity index (χ1) is 15.8. The molecule has 7 nitrogen and oxygen atoms in total. The number of benzene rings is 2. The molecule has 2 aromatic carbocycles. The van der Waals surface area contributed by atoms with Gasteiger partial charge in [0.25, 0.3) is 0 Å². The zero-order chi connectivity index (χ0) is 23.8. The van der Waals surface area contributed by atoms with Crippen LogP contribution in [0.25, 0.3) is 0 Å². The molecule has 0 radical (unpaired) electrons. The van der Waals surface area contributed by atoms with Crippen LogP contribution in [0.2, 0.25) is 0 Å². The third-order valence-corrected chi connectivity index (χ3v) is 6.21. The SMILES string of the molecule is CCCC(NC(=O)CSc1nnc(COc2ccc(C(C)(C)C)cc2)n1N)c1ccccc1. The molecule has 176 valence electrons. The fraction of sp³-hybridized carbons (Fsp3) is 0.400. The molecule has 1 atom stereocenters. The highest BCUT2D eigenvalue weighted by Gasteiger charge is 2.17. The number of nitrogens with zero attached hydrogens (tertiary/aromatic N) is 3. The van der Waals surface area contributed by atoms with Gasteiger partial charge in [0.2, 0.25) is 11.1 Å². The minimum Gasteiger partial charge on any atom is -0.486 e. The van der Waals surface area contributed by atoms with E-state index in [1.165, 1.54) is 22.0 Å². The molecule has 3 rings (SSSR count). The number of hydrogen-bond acceptors (Lipinski definition) is 6. The molecule has 1 heterocycles. The molecule has 0 bridgehead atoms. The molecule has 0 aliphatic heterocycles. The molecule has 8 heteroatoms. The maximum Gasteiger partial charge on any atom is 0.230 e. The zero-order valence-electron chi connectivity index (χ0n) is 19.7. The number of aromatic nitrogens is 3. The van der Waals surface area contributed by atoms with Crippen LogP contribution in [0.15, 0.2) is 59.8 Å². The number of rotatable bonds is 10. The standard InChI is InChI=1S/C25H33N5O2S/c1-5-9-21(18-10-7-6-8-11-18)27-23(31)17-33-24-29-28-22(30(24)26)16-32-20-14-12-19(13-15-20)25(2,3)4/h6-8,10-15,21H,5,9,16-17,26H2,1-4H3,(H,27,31). The number of carbonyl (C=O) groups excluding carboxylic acids is 1. The summed E-state index contributed by atoms with van der Waals surface area (Å²) in [5.74, 6) is 7.50. The lowest BCUT2D eigenvalue weighted by Crippen LogP contribution is -2.30. The predicted octanol–water partition coefficient (Wildman–Crippen LogP) is 4.62. The molecule has 0 spiro atoms. The van der Waals surface area contributed by atoms with Crippen molar-refractivity contribution in [2.45, 2.75) is 63.8 Å². The predicted molar refractivity (Wildman–Crippen MR) is 133 cm³/mol. The Morgan fingerprint density at radius 2 is 1.82 bits per heavy atom. The number of amides is 1. The Labute approximate surface area is 200 Å². The van der Waals surface area contributed by atoms with Gasteiger partial charge in [0.15, 0.2) is 5.82 Å². The molecule has 3 aromatic rings. The fourth-order valence-electron chi connectivity index (χ4n) is 3.37. The van der Waals surface area contributed by atoms with E-state index >= 15 is 0 Å². The van der Waals surface area contributed by atoms with Gasteiger partial charge in [-0.05, 0) is 35.1 Å². The lowest BCUT2D eigenvalue weighted by atomic mass is 9.87. The van der Waals surface area contributed by atoms with E-state index < -0.39 is 0 Å². The maximum atomic E-state index is 12.5. The Morgan fingerprint density at radius 3 is 2.45 bits per heavy atom. The van der Waals surface area contributed by atoms with Crippen LogP contribution in [0, 0.1) is 0 Å². The quantitative estimate of drug-likeness (QED) is 0.334. The minimum absolute atomic E-state index is 0.00585.